The molecule has 29 heavy (non-hydrogen) atoms. The molecule has 2 aliphatic heterocycles. The molecule has 5 rings (SSSR count). The van der Waals surface area contributed by atoms with Crippen molar-refractivity contribution in [2.45, 2.75) is 49.1 Å². The topological polar surface area (TPSA) is 90.7 Å². The van der Waals surface area contributed by atoms with E-state index in [1.165, 1.54) is 21.1 Å². The van der Waals surface area contributed by atoms with Crippen LogP contribution in [0.1, 0.15) is 37.3 Å². The van der Waals surface area contributed by atoms with Crippen molar-refractivity contribution in [1.82, 2.24) is 14.1 Å². The predicted octanol–water partition coefficient (Wildman–Crippen LogP) is 1.75. The number of benzene rings is 1. The Labute approximate surface area is 169 Å². The molecular weight excluding hydrogens is 394 g/mol. The first kappa shape index (κ1) is 18.6. The van der Waals surface area contributed by atoms with E-state index >= 15 is 0 Å². The first-order valence-electron chi connectivity index (χ1n) is 10.0. The van der Waals surface area contributed by atoms with Gasteiger partial charge in [0.2, 0.25) is 10.0 Å². The number of sulfonamides is 1. The van der Waals surface area contributed by atoms with Gasteiger partial charge in [0.25, 0.3) is 5.56 Å². The van der Waals surface area contributed by atoms with Gasteiger partial charge in [0, 0.05) is 30.6 Å². The largest absolute Gasteiger partial charge is 0.486 e. The first-order chi connectivity index (χ1) is 14.0. The van der Waals surface area contributed by atoms with E-state index in [0.29, 0.717) is 43.6 Å². The Hall–Kier alpha value is -2.39. The van der Waals surface area contributed by atoms with Gasteiger partial charge in [0.15, 0.2) is 11.5 Å². The molecular formula is C20H23N3O5S. The summed E-state index contributed by atoms with van der Waals surface area (Å²) in [7, 11) is -3.71. The summed E-state index contributed by atoms with van der Waals surface area (Å²) >= 11 is 0. The van der Waals surface area contributed by atoms with Crippen molar-refractivity contribution in [3.63, 3.8) is 0 Å². The van der Waals surface area contributed by atoms with Crippen LogP contribution in [-0.4, -0.2) is 48.3 Å². The van der Waals surface area contributed by atoms with Crippen LogP contribution in [0.5, 0.6) is 11.5 Å². The number of rotatable bonds is 5. The second-order valence-electron chi connectivity index (χ2n) is 7.77. The van der Waals surface area contributed by atoms with E-state index in [0.717, 1.165) is 25.0 Å². The lowest BCUT2D eigenvalue weighted by Crippen LogP contribution is -2.40. The molecule has 0 N–H and O–H groups in total. The fourth-order valence-electron chi connectivity index (χ4n) is 4.02. The molecule has 1 saturated carbocycles. The van der Waals surface area contributed by atoms with Crippen LogP contribution in [0.2, 0.25) is 0 Å². The summed E-state index contributed by atoms with van der Waals surface area (Å²) in [5.74, 6) is 1.44. The number of hydrogen-bond donors (Lipinski definition) is 0. The molecule has 1 atom stereocenters. The molecule has 0 bridgehead atoms. The van der Waals surface area contributed by atoms with E-state index in [2.05, 4.69) is 5.10 Å². The van der Waals surface area contributed by atoms with Gasteiger partial charge >= 0.3 is 0 Å². The van der Waals surface area contributed by atoms with Gasteiger partial charge in [0.05, 0.1) is 17.1 Å². The van der Waals surface area contributed by atoms with Crippen molar-refractivity contribution < 1.29 is 17.9 Å². The van der Waals surface area contributed by atoms with Crippen molar-refractivity contribution in [1.29, 1.82) is 0 Å². The van der Waals surface area contributed by atoms with Crippen LogP contribution < -0.4 is 15.0 Å². The second kappa shape index (κ2) is 7.14. The van der Waals surface area contributed by atoms with Gasteiger partial charge in [-0.25, -0.2) is 13.1 Å². The van der Waals surface area contributed by atoms with Gasteiger partial charge < -0.3 is 9.47 Å². The molecule has 1 aromatic carbocycles. The Balaban J connectivity index is 1.41. The zero-order valence-corrected chi connectivity index (χ0v) is 16.8. The summed E-state index contributed by atoms with van der Waals surface area (Å²) in [4.78, 5) is 12.5. The minimum atomic E-state index is -3.71. The minimum Gasteiger partial charge on any atom is -0.486 e. The third-order valence-corrected chi connectivity index (χ3v) is 7.66. The molecule has 154 valence electrons. The van der Waals surface area contributed by atoms with Gasteiger partial charge in [-0.1, -0.05) is 0 Å². The molecule has 1 unspecified atom stereocenters. The minimum absolute atomic E-state index is 0.181. The van der Waals surface area contributed by atoms with Crippen LogP contribution in [0, 0.1) is 0 Å². The zero-order valence-electron chi connectivity index (χ0n) is 16.0. The third kappa shape index (κ3) is 3.53. The SMILES string of the molecule is O=c1ccc(C2CC2)nn1CC1CCCN1S(=O)(=O)c1ccc2c(c1)OCCO2. The van der Waals surface area contributed by atoms with Crippen LogP contribution >= 0.6 is 0 Å². The van der Waals surface area contributed by atoms with Crippen LogP contribution in [-0.2, 0) is 16.6 Å². The quantitative estimate of drug-likeness (QED) is 0.736. The predicted molar refractivity (Wildman–Crippen MR) is 105 cm³/mol. The maximum Gasteiger partial charge on any atom is 0.266 e. The molecule has 2 fully saturated rings. The fraction of sp³-hybridized carbons (Fsp3) is 0.500. The molecule has 0 radical (unpaired) electrons. The Bertz CT molecular complexity index is 1090. The van der Waals surface area contributed by atoms with E-state index in [-0.39, 0.29) is 23.0 Å². The van der Waals surface area contributed by atoms with Gasteiger partial charge in [-0.3, -0.25) is 4.79 Å². The maximum atomic E-state index is 13.3. The lowest BCUT2D eigenvalue weighted by atomic mass is 10.2. The summed E-state index contributed by atoms with van der Waals surface area (Å²) < 4.78 is 40.6. The highest BCUT2D eigenvalue weighted by Gasteiger charge is 2.36. The van der Waals surface area contributed by atoms with Crippen molar-refractivity contribution >= 4 is 10.0 Å². The lowest BCUT2D eigenvalue weighted by molar-refractivity contribution is 0.171. The standard InChI is InChI=1S/C20H23N3O5S/c24-20-8-6-17(14-3-4-14)21-22(20)13-15-2-1-9-23(15)29(25,26)16-5-7-18-19(12-16)28-11-10-27-18/h5-8,12,14-15H,1-4,9-11,13H2. The average molecular weight is 417 g/mol. The van der Waals surface area contributed by atoms with Gasteiger partial charge in [0.1, 0.15) is 13.2 Å². The van der Waals surface area contributed by atoms with Crippen LogP contribution in [0.4, 0.5) is 0 Å². The number of hydrogen-bond acceptors (Lipinski definition) is 6. The van der Waals surface area contributed by atoms with Gasteiger partial charge in [-0.2, -0.15) is 9.40 Å². The molecule has 3 aliphatic rings. The van der Waals surface area contributed by atoms with Crippen molar-refractivity contribution in [2.24, 2.45) is 0 Å². The molecule has 8 nitrogen and oxygen atoms in total. The number of fused-ring (bicyclic) bond motifs is 1. The van der Waals surface area contributed by atoms with Crippen molar-refractivity contribution in [3.05, 3.63) is 46.4 Å². The normalized spacial score (nSPS) is 22.0. The molecule has 0 amide bonds. The van der Waals surface area contributed by atoms with E-state index in [4.69, 9.17) is 9.47 Å². The monoisotopic (exact) mass is 417 g/mol. The first-order valence-corrected chi connectivity index (χ1v) is 11.5. The molecule has 3 heterocycles. The maximum absolute atomic E-state index is 13.3. The van der Waals surface area contributed by atoms with Gasteiger partial charge in [-0.15, -0.1) is 0 Å². The van der Waals surface area contributed by atoms with Crippen LogP contribution in [0.3, 0.4) is 0 Å². The Morgan fingerprint density at radius 3 is 2.62 bits per heavy atom. The highest BCUT2D eigenvalue weighted by atomic mass is 32.2. The Morgan fingerprint density at radius 2 is 1.83 bits per heavy atom. The third-order valence-electron chi connectivity index (χ3n) is 5.71. The van der Waals surface area contributed by atoms with E-state index in [1.807, 2.05) is 0 Å². The fourth-order valence-corrected chi connectivity index (χ4v) is 5.72. The lowest BCUT2D eigenvalue weighted by Gasteiger charge is -2.25. The average Bonchev–Trinajstić information content (AvgIpc) is 3.47. The molecule has 1 saturated heterocycles. The molecule has 1 aromatic heterocycles. The van der Waals surface area contributed by atoms with Crippen molar-refractivity contribution in [3.8, 4) is 11.5 Å². The zero-order chi connectivity index (χ0) is 20.0. The number of nitrogens with zero attached hydrogens (tertiary/aromatic N) is 3. The second-order valence-corrected chi connectivity index (χ2v) is 9.66. The summed E-state index contributed by atoms with van der Waals surface area (Å²) in [6.45, 7) is 1.55. The van der Waals surface area contributed by atoms with Crippen LogP contribution in [0.25, 0.3) is 0 Å². The molecule has 9 heteroatoms. The summed E-state index contributed by atoms with van der Waals surface area (Å²) in [6, 6.07) is 7.74. The molecule has 0 spiro atoms. The van der Waals surface area contributed by atoms with E-state index < -0.39 is 10.0 Å². The highest BCUT2D eigenvalue weighted by molar-refractivity contribution is 7.89. The van der Waals surface area contributed by atoms with E-state index in [1.54, 1.807) is 18.2 Å². The van der Waals surface area contributed by atoms with Crippen LogP contribution in [0.15, 0.2) is 40.0 Å². The summed E-state index contributed by atoms with van der Waals surface area (Å²) in [5.41, 5.74) is 0.724. The van der Waals surface area contributed by atoms with E-state index in [9.17, 15) is 13.2 Å². The highest BCUT2D eigenvalue weighted by Crippen LogP contribution is 2.38. The molecule has 2 aromatic rings. The smallest absolute Gasteiger partial charge is 0.266 e. The Kier molecular flexibility index (Phi) is 4.59. The summed E-state index contributed by atoms with van der Waals surface area (Å²) in [6.07, 6.45) is 3.65. The molecule has 1 aliphatic carbocycles. The number of ether oxygens (including phenoxy) is 2. The van der Waals surface area contributed by atoms with Gasteiger partial charge in [-0.05, 0) is 43.9 Å². The Morgan fingerprint density at radius 1 is 1.03 bits per heavy atom. The number of aromatic nitrogens is 2. The van der Waals surface area contributed by atoms with Crippen molar-refractivity contribution in [2.75, 3.05) is 19.8 Å². The summed E-state index contributed by atoms with van der Waals surface area (Å²) in [5, 5.41) is 4.49.